The van der Waals surface area contributed by atoms with Crippen molar-refractivity contribution in [3.8, 4) is 0 Å². The zero-order chi connectivity index (χ0) is 18.2. The first-order chi connectivity index (χ1) is 12.4. The van der Waals surface area contributed by atoms with Crippen LogP contribution in [-0.4, -0.2) is 11.9 Å². The second-order valence-corrected chi connectivity index (χ2v) is 8.64. The smallest absolute Gasteiger partial charge is 0.347 e. The van der Waals surface area contributed by atoms with Crippen molar-refractivity contribution in [2.24, 2.45) is 23.7 Å². The van der Waals surface area contributed by atoms with E-state index in [1.54, 1.807) is 0 Å². The van der Waals surface area contributed by atoms with Gasteiger partial charge in [-0.2, -0.15) is 0 Å². The number of aryl methyl sites for hydroxylation is 2. The molecule has 4 bridgehead atoms. The van der Waals surface area contributed by atoms with Crippen molar-refractivity contribution < 1.29 is 18.7 Å². The van der Waals surface area contributed by atoms with E-state index in [1.807, 2.05) is 26.8 Å². The number of hydrogen-bond donors (Lipinski definition) is 0. The summed E-state index contributed by atoms with van der Waals surface area (Å²) in [7, 11) is 0. The molecule has 1 aromatic rings. The van der Waals surface area contributed by atoms with Crippen LogP contribution in [0.4, 0.5) is 0 Å². The molecule has 1 aliphatic heterocycles. The predicted molar refractivity (Wildman–Crippen MR) is 95.9 cm³/mol. The van der Waals surface area contributed by atoms with E-state index >= 15 is 0 Å². The van der Waals surface area contributed by atoms with Crippen LogP contribution in [0.2, 0.25) is 0 Å². The molecule has 4 aliphatic carbocycles. The number of carbonyl (C=O) groups excluding carboxylic acids is 2. The molecule has 136 valence electrons. The molecule has 5 aliphatic rings. The molecule has 0 spiro atoms. The summed E-state index contributed by atoms with van der Waals surface area (Å²) >= 11 is 0. The number of furan rings is 1. The van der Waals surface area contributed by atoms with E-state index in [9.17, 15) is 9.59 Å². The number of rotatable bonds is 1. The van der Waals surface area contributed by atoms with Gasteiger partial charge >= 0.3 is 11.9 Å². The fourth-order valence-corrected chi connectivity index (χ4v) is 6.23. The maximum absolute atomic E-state index is 12.7. The first-order valence-electron chi connectivity index (χ1n) is 9.71. The zero-order valence-corrected chi connectivity index (χ0v) is 15.6. The second kappa shape index (κ2) is 5.45. The van der Waals surface area contributed by atoms with E-state index in [4.69, 9.17) is 9.15 Å². The fraction of sp³-hybridized carbons (Fsp3) is 0.545. The van der Waals surface area contributed by atoms with Crippen molar-refractivity contribution in [1.29, 1.82) is 0 Å². The number of ether oxygens (including phenoxy) is 1. The van der Waals surface area contributed by atoms with Crippen molar-refractivity contribution in [3.63, 3.8) is 0 Å². The molecule has 5 fully saturated rings. The van der Waals surface area contributed by atoms with Gasteiger partial charge < -0.3 is 9.15 Å². The van der Waals surface area contributed by atoms with Gasteiger partial charge in [0.1, 0.15) is 11.5 Å². The first kappa shape index (κ1) is 16.1. The molecule has 4 nitrogen and oxygen atoms in total. The molecular weight excluding hydrogens is 328 g/mol. The SMILES string of the molecule is CC(=C1C(=O)OC(=O)C1=C1C2CC3CC(C2)CC1C3)c1cc(C)oc1C. The summed E-state index contributed by atoms with van der Waals surface area (Å²) in [4.78, 5) is 25.3. The topological polar surface area (TPSA) is 56.5 Å². The lowest BCUT2D eigenvalue weighted by Crippen LogP contribution is -2.41. The van der Waals surface area contributed by atoms with Crippen LogP contribution in [0.1, 0.15) is 56.1 Å². The van der Waals surface area contributed by atoms with Crippen molar-refractivity contribution in [2.45, 2.75) is 52.9 Å². The molecular formula is C22H24O4. The Morgan fingerprint density at radius 1 is 0.962 bits per heavy atom. The molecule has 1 saturated heterocycles. The lowest BCUT2D eigenvalue weighted by molar-refractivity contribution is -0.149. The predicted octanol–water partition coefficient (Wildman–Crippen LogP) is 4.51. The average molecular weight is 352 g/mol. The summed E-state index contributed by atoms with van der Waals surface area (Å²) in [6.45, 7) is 5.69. The molecule has 1 aromatic heterocycles. The van der Waals surface area contributed by atoms with Crippen LogP contribution < -0.4 is 0 Å². The Hall–Kier alpha value is -2.10. The highest BCUT2D eigenvalue weighted by Crippen LogP contribution is 2.58. The lowest BCUT2D eigenvalue weighted by atomic mass is 9.53. The minimum Gasteiger partial charge on any atom is -0.466 e. The van der Waals surface area contributed by atoms with Gasteiger partial charge in [0.05, 0.1) is 11.1 Å². The molecule has 0 aromatic carbocycles. The minimum absolute atomic E-state index is 0.440. The summed E-state index contributed by atoms with van der Waals surface area (Å²) in [5.41, 5.74) is 3.97. The quantitative estimate of drug-likeness (QED) is 0.424. The summed E-state index contributed by atoms with van der Waals surface area (Å²) in [5, 5.41) is 0. The molecule has 26 heavy (non-hydrogen) atoms. The monoisotopic (exact) mass is 352 g/mol. The molecule has 4 saturated carbocycles. The molecule has 4 heteroatoms. The molecule has 0 unspecified atom stereocenters. The van der Waals surface area contributed by atoms with Gasteiger partial charge in [0.25, 0.3) is 0 Å². The van der Waals surface area contributed by atoms with E-state index in [-0.39, 0.29) is 0 Å². The van der Waals surface area contributed by atoms with Gasteiger partial charge in [-0.3, -0.25) is 0 Å². The Morgan fingerprint density at radius 2 is 1.58 bits per heavy atom. The van der Waals surface area contributed by atoms with E-state index in [0.29, 0.717) is 23.0 Å². The Morgan fingerprint density at radius 3 is 2.12 bits per heavy atom. The minimum atomic E-state index is -0.498. The summed E-state index contributed by atoms with van der Waals surface area (Å²) in [5.74, 6) is 3.16. The summed E-state index contributed by atoms with van der Waals surface area (Å²) < 4.78 is 10.8. The zero-order valence-electron chi connectivity index (χ0n) is 15.6. The molecule has 0 N–H and O–H groups in total. The van der Waals surface area contributed by atoms with Crippen LogP contribution in [-0.2, 0) is 14.3 Å². The number of carbonyl (C=O) groups is 2. The third-order valence-electron chi connectivity index (χ3n) is 6.97. The molecule has 6 rings (SSSR count). The first-order valence-corrected chi connectivity index (χ1v) is 9.71. The Bertz CT molecular complexity index is 865. The molecule has 0 atom stereocenters. The Kier molecular flexibility index (Phi) is 3.37. The highest BCUT2D eigenvalue weighted by atomic mass is 16.6. The normalized spacial score (nSPS) is 34.7. The van der Waals surface area contributed by atoms with Crippen molar-refractivity contribution in [2.75, 3.05) is 0 Å². The van der Waals surface area contributed by atoms with E-state index < -0.39 is 11.9 Å². The number of cyclic esters (lactones) is 2. The Balaban J connectivity index is 1.70. The van der Waals surface area contributed by atoms with Crippen LogP contribution >= 0.6 is 0 Å². The Labute approximate surface area is 153 Å². The van der Waals surface area contributed by atoms with Gasteiger partial charge in [-0.1, -0.05) is 0 Å². The van der Waals surface area contributed by atoms with Crippen molar-refractivity contribution in [3.05, 3.63) is 39.9 Å². The van der Waals surface area contributed by atoms with Crippen molar-refractivity contribution in [1.82, 2.24) is 0 Å². The highest BCUT2D eigenvalue weighted by Gasteiger charge is 2.49. The van der Waals surface area contributed by atoms with Crippen LogP contribution in [0.5, 0.6) is 0 Å². The number of allylic oxidation sites excluding steroid dienone is 2. The maximum Gasteiger partial charge on any atom is 0.347 e. The second-order valence-electron chi connectivity index (χ2n) is 8.64. The van der Waals surface area contributed by atoms with Crippen molar-refractivity contribution >= 4 is 17.5 Å². The van der Waals surface area contributed by atoms with Crippen LogP contribution in [0, 0.1) is 37.5 Å². The van der Waals surface area contributed by atoms with Gasteiger partial charge in [0.15, 0.2) is 0 Å². The summed E-state index contributed by atoms with van der Waals surface area (Å²) in [6, 6.07) is 1.94. The molecule has 2 heterocycles. The van der Waals surface area contributed by atoms with Gasteiger partial charge in [-0.25, -0.2) is 9.59 Å². The highest BCUT2D eigenvalue weighted by molar-refractivity contribution is 6.22. The van der Waals surface area contributed by atoms with E-state index in [1.165, 1.54) is 37.7 Å². The largest absolute Gasteiger partial charge is 0.466 e. The lowest BCUT2D eigenvalue weighted by Gasteiger charge is -2.51. The fourth-order valence-electron chi connectivity index (χ4n) is 6.23. The van der Waals surface area contributed by atoms with Gasteiger partial charge in [0, 0.05) is 5.56 Å². The molecule has 0 amide bonds. The van der Waals surface area contributed by atoms with Crippen LogP contribution in [0.3, 0.4) is 0 Å². The maximum atomic E-state index is 12.7. The van der Waals surface area contributed by atoms with Gasteiger partial charge in [0.2, 0.25) is 0 Å². The number of esters is 2. The summed E-state index contributed by atoms with van der Waals surface area (Å²) in [6.07, 6.45) is 6.04. The van der Waals surface area contributed by atoms with Crippen LogP contribution in [0.15, 0.2) is 27.2 Å². The van der Waals surface area contributed by atoms with Gasteiger partial charge in [-0.15, -0.1) is 0 Å². The standard InChI is InChI=1S/C22H24O4/c1-10-4-17(12(3)25-10)11(2)18-20(22(24)26-21(18)23)19-15-6-13-5-14(8-15)9-16(19)7-13/h4,13-16H,5-9H2,1-3H3. The van der Waals surface area contributed by atoms with Crippen LogP contribution in [0.25, 0.3) is 5.57 Å². The molecule has 0 radical (unpaired) electrons. The van der Waals surface area contributed by atoms with E-state index in [2.05, 4.69) is 0 Å². The average Bonchev–Trinajstić information content (AvgIpc) is 3.04. The van der Waals surface area contributed by atoms with Gasteiger partial charge in [-0.05, 0) is 93.8 Å². The third-order valence-corrected chi connectivity index (χ3v) is 6.97. The third kappa shape index (κ3) is 2.20. The van der Waals surface area contributed by atoms with E-state index in [0.717, 1.165) is 34.5 Å². The number of hydrogen-bond acceptors (Lipinski definition) is 4.